The van der Waals surface area contributed by atoms with Gasteiger partial charge in [-0.1, -0.05) is 23.7 Å². The zero-order valence-corrected chi connectivity index (χ0v) is 13.1. The Balaban J connectivity index is 1.90. The molecule has 112 valence electrons. The zero-order chi connectivity index (χ0) is 15.6. The number of benzene rings is 2. The summed E-state index contributed by atoms with van der Waals surface area (Å²) in [6, 6.07) is 10.9. The summed E-state index contributed by atoms with van der Waals surface area (Å²) >= 11 is 6.37. The van der Waals surface area contributed by atoms with Crippen LogP contribution in [0, 0.1) is 5.82 Å². The Kier molecular flexibility index (Phi) is 2.68. The van der Waals surface area contributed by atoms with Crippen LogP contribution in [-0.2, 0) is 0 Å². The summed E-state index contributed by atoms with van der Waals surface area (Å²) in [4.78, 5) is 4.60. The summed E-state index contributed by atoms with van der Waals surface area (Å²) < 4.78 is 13.5. The predicted octanol–water partition coefficient (Wildman–Crippen LogP) is 5.97. The molecule has 1 aromatic heterocycles. The molecule has 0 radical (unpaired) electrons. The van der Waals surface area contributed by atoms with Gasteiger partial charge in [0.05, 0.1) is 10.5 Å². The minimum atomic E-state index is -0.313. The predicted molar refractivity (Wildman–Crippen MR) is 92.1 cm³/mol. The number of hydrogen-bond acceptors (Lipinski definition) is 1. The van der Waals surface area contributed by atoms with Gasteiger partial charge in [-0.05, 0) is 59.9 Å². The molecule has 1 unspecified atom stereocenters. The third-order valence-electron chi connectivity index (χ3n) is 4.99. The normalized spacial score (nSPS) is 18.3. The zero-order valence-electron chi connectivity index (χ0n) is 12.3. The molecule has 1 nitrogen and oxygen atoms in total. The molecule has 23 heavy (non-hydrogen) atoms. The summed E-state index contributed by atoms with van der Waals surface area (Å²) in [7, 11) is 0. The van der Waals surface area contributed by atoms with E-state index in [0.29, 0.717) is 10.9 Å². The molecule has 0 spiro atoms. The highest BCUT2D eigenvalue weighted by Crippen LogP contribution is 2.57. The molecule has 3 heteroatoms. The summed E-state index contributed by atoms with van der Waals surface area (Å²) in [5.41, 5.74) is 6.99. The van der Waals surface area contributed by atoms with Crippen LogP contribution >= 0.6 is 11.6 Å². The Labute approximate surface area is 138 Å². The van der Waals surface area contributed by atoms with E-state index in [1.807, 2.05) is 6.07 Å². The van der Waals surface area contributed by atoms with Gasteiger partial charge in [0.1, 0.15) is 5.82 Å². The van der Waals surface area contributed by atoms with Crippen molar-refractivity contribution in [3.63, 3.8) is 0 Å². The SMILES string of the molecule is Fc1ccc(-c2c3c(cc4cccnc24)C2=CCCC23)c(Cl)c1. The van der Waals surface area contributed by atoms with Crippen molar-refractivity contribution in [3.05, 3.63) is 70.6 Å². The van der Waals surface area contributed by atoms with Gasteiger partial charge in [-0.25, -0.2) is 4.39 Å². The van der Waals surface area contributed by atoms with Crippen LogP contribution in [0.15, 0.2) is 48.7 Å². The maximum absolute atomic E-state index is 13.5. The fraction of sp³-hybridized carbons (Fsp3) is 0.150. The molecular weight excluding hydrogens is 309 g/mol. The van der Waals surface area contributed by atoms with Crippen molar-refractivity contribution in [2.75, 3.05) is 0 Å². The number of rotatable bonds is 1. The highest BCUT2D eigenvalue weighted by molar-refractivity contribution is 6.34. The van der Waals surface area contributed by atoms with Gasteiger partial charge < -0.3 is 0 Å². The monoisotopic (exact) mass is 321 g/mol. The lowest BCUT2D eigenvalue weighted by Gasteiger charge is -2.34. The molecule has 2 aliphatic carbocycles. The van der Waals surface area contributed by atoms with Crippen LogP contribution in [0.2, 0.25) is 5.02 Å². The topological polar surface area (TPSA) is 12.9 Å². The number of fused-ring (bicyclic) bond motifs is 5. The molecule has 0 bridgehead atoms. The number of hydrogen-bond donors (Lipinski definition) is 0. The van der Waals surface area contributed by atoms with E-state index in [-0.39, 0.29) is 5.82 Å². The lowest BCUT2D eigenvalue weighted by atomic mass is 9.70. The van der Waals surface area contributed by atoms with E-state index < -0.39 is 0 Å². The Bertz CT molecular complexity index is 1010. The summed E-state index contributed by atoms with van der Waals surface area (Å²) in [6.07, 6.45) is 6.41. The van der Waals surface area contributed by atoms with Gasteiger partial charge in [-0.15, -0.1) is 0 Å². The highest BCUT2D eigenvalue weighted by Gasteiger charge is 2.38. The third kappa shape index (κ3) is 1.76. The number of pyridine rings is 1. The molecule has 0 saturated heterocycles. The van der Waals surface area contributed by atoms with Crippen molar-refractivity contribution in [1.29, 1.82) is 0 Å². The van der Waals surface area contributed by atoms with Crippen molar-refractivity contribution < 1.29 is 4.39 Å². The van der Waals surface area contributed by atoms with E-state index in [0.717, 1.165) is 34.9 Å². The van der Waals surface area contributed by atoms with Crippen LogP contribution in [0.5, 0.6) is 0 Å². The number of allylic oxidation sites excluding steroid dienone is 2. The van der Waals surface area contributed by atoms with Crippen LogP contribution in [-0.4, -0.2) is 4.98 Å². The molecule has 0 aliphatic heterocycles. The number of nitrogens with zero attached hydrogens (tertiary/aromatic N) is 1. The number of halogens is 2. The first kappa shape index (κ1) is 13.3. The van der Waals surface area contributed by atoms with Crippen molar-refractivity contribution in [2.45, 2.75) is 18.8 Å². The van der Waals surface area contributed by atoms with Crippen molar-refractivity contribution in [1.82, 2.24) is 4.98 Å². The van der Waals surface area contributed by atoms with Crippen LogP contribution in [0.25, 0.3) is 27.6 Å². The van der Waals surface area contributed by atoms with Crippen molar-refractivity contribution >= 4 is 28.1 Å². The summed E-state index contributed by atoms with van der Waals surface area (Å²) in [6.45, 7) is 0. The number of aromatic nitrogens is 1. The first-order valence-electron chi connectivity index (χ1n) is 7.81. The third-order valence-corrected chi connectivity index (χ3v) is 5.30. The Morgan fingerprint density at radius 3 is 2.91 bits per heavy atom. The van der Waals surface area contributed by atoms with Gasteiger partial charge in [-0.2, -0.15) is 0 Å². The average molecular weight is 322 g/mol. The Morgan fingerprint density at radius 1 is 1.13 bits per heavy atom. The largest absolute Gasteiger partial charge is 0.256 e. The second kappa shape index (κ2) is 4.65. The quantitative estimate of drug-likeness (QED) is 0.538. The van der Waals surface area contributed by atoms with Crippen LogP contribution in [0.1, 0.15) is 29.9 Å². The Morgan fingerprint density at radius 2 is 2.04 bits per heavy atom. The molecule has 2 aromatic carbocycles. The highest BCUT2D eigenvalue weighted by atomic mass is 35.5. The van der Waals surface area contributed by atoms with Crippen molar-refractivity contribution in [2.24, 2.45) is 0 Å². The van der Waals surface area contributed by atoms with Gasteiger partial charge >= 0.3 is 0 Å². The average Bonchev–Trinajstić information content (AvgIpc) is 2.96. The lowest BCUT2D eigenvalue weighted by Crippen LogP contribution is -2.15. The first-order chi connectivity index (χ1) is 11.2. The van der Waals surface area contributed by atoms with E-state index in [1.54, 1.807) is 12.3 Å². The molecule has 0 amide bonds. The summed E-state index contributed by atoms with van der Waals surface area (Å²) in [5, 5.41) is 1.55. The van der Waals surface area contributed by atoms with E-state index >= 15 is 0 Å². The molecule has 0 N–H and O–H groups in total. The van der Waals surface area contributed by atoms with Crippen molar-refractivity contribution in [3.8, 4) is 11.1 Å². The van der Waals surface area contributed by atoms with Gasteiger partial charge in [0.2, 0.25) is 0 Å². The van der Waals surface area contributed by atoms with Gasteiger partial charge in [0, 0.05) is 28.6 Å². The smallest absolute Gasteiger partial charge is 0.124 e. The standard InChI is InChI=1S/C20H13ClFN/c21-17-10-12(22)6-7-15(17)19-18-14-5-1-4-13(14)16(18)9-11-3-2-8-23-20(11)19/h2-4,6-10,14H,1,5H2. The minimum absolute atomic E-state index is 0.313. The molecule has 3 aromatic rings. The lowest BCUT2D eigenvalue weighted by molar-refractivity contribution is 0.628. The van der Waals surface area contributed by atoms with Crippen LogP contribution in [0.4, 0.5) is 4.39 Å². The van der Waals surface area contributed by atoms with Gasteiger partial charge in [0.25, 0.3) is 0 Å². The molecule has 0 saturated carbocycles. The summed E-state index contributed by atoms with van der Waals surface area (Å²) in [5.74, 6) is 0.166. The molecule has 2 aliphatic rings. The maximum Gasteiger partial charge on any atom is 0.124 e. The van der Waals surface area contributed by atoms with E-state index in [4.69, 9.17) is 11.6 Å². The molecule has 1 atom stereocenters. The molecule has 1 heterocycles. The van der Waals surface area contributed by atoms with E-state index in [9.17, 15) is 4.39 Å². The molecule has 5 rings (SSSR count). The van der Waals surface area contributed by atoms with E-state index in [2.05, 4.69) is 23.2 Å². The first-order valence-corrected chi connectivity index (χ1v) is 8.19. The maximum atomic E-state index is 13.5. The van der Waals surface area contributed by atoms with Crippen LogP contribution < -0.4 is 0 Å². The minimum Gasteiger partial charge on any atom is -0.256 e. The Hall–Kier alpha value is -2.19. The fourth-order valence-corrected chi connectivity index (χ4v) is 4.29. The fourth-order valence-electron chi connectivity index (χ4n) is 4.03. The second-order valence-corrected chi connectivity index (χ2v) is 6.61. The second-order valence-electron chi connectivity index (χ2n) is 6.20. The van der Waals surface area contributed by atoms with Crippen LogP contribution in [0.3, 0.4) is 0 Å². The van der Waals surface area contributed by atoms with E-state index in [1.165, 1.54) is 28.8 Å². The molecular formula is C20H13ClFN. The van der Waals surface area contributed by atoms with Gasteiger partial charge in [-0.3, -0.25) is 4.98 Å². The molecule has 0 fully saturated rings. The van der Waals surface area contributed by atoms with Gasteiger partial charge in [0.15, 0.2) is 0 Å².